The molecule has 0 aliphatic rings. The number of hydrogen-bond acceptors (Lipinski definition) is 7. The van der Waals surface area contributed by atoms with Gasteiger partial charge < -0.3 is 14.1 Å². The number of carbonyl (C=O) groups excluding carboxylic acids is 1. The van der Waals surface area contributed by atoms with E-state index in [1.165, 1.54) is 25.7 Å². The van der Waals surface area contributed by atoms with Crippen LogP contribution in [0.4, 0.5) is 0 Å². The van der Waals surface area contributed by atoms with E-state index >= 15 is 0 Å². The minimum absolute atomic E-state index is 0.0371. The Morgan fingerprint density at radius 3 is 2.18 bits per heavy atom. The van der Waals surface area contributed by atoms with Gasteiger partial charge in [-0.1, -0.05) is 45.4 Å². The van der Waals surface area contributed by atoms with Crippen molar-refractivity contribution < 1.29 is 42.7 Å². The number of unbranched alkanes of at least 4 members (excludes halogenated alkanes) is 6. The fourth-order valence-corrected chi connectivity index (χ4v) is 2.98. The van der Waals surface area contributed by atoms with Gasteiger partial charge in [0.05, 0.1) is 27.7 Å². The molecule has 0 aromatic carbocycles. The number of quaternary nitrogens is 1. The van der Waals surface area contributed by atoms with E-state index in [4.69, 9.17) is 19.0 Å². The summed E-state index contributed by atoms with van der Waals surface area (Å²) in [6, 6.07) is 0. The summed E-state index contributed by atoms with van der Waals surface area (Å²) in [4.78, 5) is 25.5. The molecule has 0 aliphatic carbocycles. The van der Waals surface area contributed by atoms with E-state index in [2.05, 4.69) is 11.8 Å². The molecule has 0 aliphatic heterocycles. The molecule has 0 amide bonds. The second-order valence-corrected chi connectivity index (χ2v) is 9.35. The highest BCUT2D eigenvalue weighted by Crippen LogP contribution is 2.43. The Morgan fingerprint density at radius 2 is 1.61 bits per heavy atom. The van der Waals surface area contributed by atoms with Crippen molar-refractivity contribution in [3.05, 3.63) is 0 Å². The standard InChI is InChI=1S/C18H38NO8P/c1-5-6-7-8-9-10-11-12-18(20)24-15-17(27-21)16-26-28(22,23)25-14-13-19(2,3)4/h17H,5-16H2,1-4H3,(H-,21,22,23)/p+1/t17-/m1/s1. The van der Waals surface area contributed by atoms with E-state index in [9.17, 15) is 14.3 Å². The van der Waals surface area contributed by atoms with Gasteiger partial charge in [-0.15, -0.1) is 0 Å². The molecule has 0 aromatic rings. The highest BCUT2D eigenvalue weighted by atomic mass is 31.2. The Labute approximate surface area is 169 Å². The van der Waals surface area contributed by atoms with Crippen molar-refractivity contribution in [1.29, 1.82) is 0 Å². The van der Waals surface area contributed by atoms with Crippen LogP contribution in [-0.2, 0) is 28.0 Å². The average molecular weight is 428 g/mol. The van der Waals surface area contributed by atoms with Crippen molar-refractivity contribution in [2.24, 2.45) is 0 Å². The molecule has 0 bridgehead atoms. The predicted octanol–water partition coefficient (Wildman–Crippen LogP) is 3.37. The lowest BCUT2D eigenvalue weighted by molar-refractivity contribution is -0.870. The van der Waals surface area contributed by atoms with Crippen molar-refractivity contribution in [3.8, 4) is 0 Å². The van der Waals surface area contributed by atoms with Gasteiger partial charge in [0.15, 0.2) is 6.10 Å². The SMILES string of the molecule is CCCCCCCCCC(=O)OC[C@H](COP(=O)(O)OCC[N+](C)(C)C)OO. The zero-order valence-electron chi connectivity index (χ0n) is 17.8. The monoisotopic (exact) mass is 428 g/mol. The van der Waals surface area contributed by atoms with Gasteiger partial charge in [0.25, 0.3) is 0 Å². The third kappa shape index (κ3) is 17.6. The van der Waals surface area contributed by atoms with Gasteiger partial charge in [0.1, 0.15) is 19.8 Å². The van der Waals surface area contributed by atoms with Gasteiger partial charge in [0, 0.05) is 6.42 Å². The first-order chi connectivity index (χ1) is 13.1. The van der Waals surface area contributed by atoms with Crippen molar-refractivity contribution in [2.75, 3.05) is 47.5 Å². The summed E-state index contributed by atoms with van der Waals surface area (Å²) in [6.45, 7) is 2.01. The maximum Gasteiger partial charge on any atom is 0.472 e. The largest absolute Gasteiger partial charge is 0.472 e. The van der Waals surface area contributed by atoms with E-state index in [1.807, 2.05) is 21.1 Å². The maximum atomic E-state index is 11.8. The number of phosphoric ester groups is 1. The summed E-state index contributed by atoms with van der Waals surface area (Å²) in [7, 11) is 1.49. The number of rotatable bonds is 18. The van der Waals surface area contributed by atoms with Crippen LogP contribution in [-0.4, -0.2) is 74.2 Å². The minimum atomic E-state index is -4.27. The molecule has 1 unspecified atom stereocenters. The summed E-state index contributed by atoms with van der Waals surface area (Å²) in [5, 5.41) is 8.85. The highest BCUT2D eigenvalue weighted by Gasteiger charge is 2.25. The number of carbonyl (C=O) groups is 1. The third-order valence-corrected chi connectivity index (χ3v) is 4.99. The van der Waals surface area contributed by atoms with E-state index in [0.717, 1.165) is 19.3 Å². The van der Waals surface area contributed by atoms with Crippen LogP contribution in [0.5, 0.6) is 0 Å². The average Bonchev–Trinajstić information content (AvgIpc) is 2.59. The van der Waals surface area contributed by atoms with Gasteiger partial charge in [-0.3, -0.25) is 19.1 Å². The smallest absolute Gasteiger partial charge is 0.463 e. The topological polar surface area (TPSA) is 112 Å². The second kappa shape index (κ2) is 15.3. The molecule has 0 heterocycles. The molecule has 0 spiro atoms. The van der Waals surface area contributed by atoms with Crippen molar-refractivity contribution in [2.45, 2.75) is 64.4 Å². The fraction of sp³-hybridized carbons (Fsp3) is 0.944. The predicted molar refractivity (Wildman–Crippen MR) is 106 cm³/mol. The molecule has 9 nitrogen and oxygen atoms in total. The Kier molecular flexibility index (Phi) is 15.0. The van der Waals surface area contributed by atoms with Crippen LogP contribution in [0.15, 0.2) is 0 Å². The summed E-state index contributed by atoms with van der Waals surface area (Å²) in [5.74, 6) is -0.401. The number of phosphoric acid groups is 1. The summed E-state index contributed by atoms with van der Waals surface area (Å²) >= 11 is 0. The number of likely N-dealkylation sites (N-methyl/N-ethyl adjacent to an activating group) is 1. The molecule has 2 atom stereocenters. The molecule has 0 fully saturated rings. The number of ether oxygens (including phenoxy) is 1. The van der Waals surface area contributed by atoms with Gasteiger partial charge in [-0.05, 0) is 6.42 Å². The summed E-state index contributed by atoms with van der Waals surface area (Å²) in [6.07, 6.45) is 6.90. The Balaban J connectivity index is 3.92. The first-order valence-corrected chi connectivity index (χ1v) is 11.5. The molecule has 28 heavy (non-hydrogen) atoms. The zero-order chi connectivity index (χ0) is 21.5. The lowest BCUT2D eigenvalue weighted by Gasteiger charge is -2.24. The van der Waals surface area contributed by atoms with Crippen molar-refractivity contribution in [3.63, 3.8) is 0 Å². The molecular weight excluding hydrogens is 389 g/mol. The Bertz CT molecular complexity index is 455. The fourth-order valence-electron chi connectivity index (χ4n) is 2.24. The maximum absolute atomic E-state index is 11.8. The molecule has 2 N–H and O–H groups in total. The Morgan fingerprint density at radius 1 is 1.00 bits per heavy atom. The van der Waals surface area contributed by atoms with Crippen LogP contribution in [0, 0.1) is 0 Å². The van der Waals surface area contributed by atoms with Crippen LogP contribution in [0.25, 0.3) is 0 Å². The van der Waals surface area contributed by atoms with Gasteiger partial charge in [-0.2, -0.15) is 0 Å². The number of hydrogen-bond donors (Lipinski definition) is 2. The van der Waals surface area contributed by atoms with Crippen LogP contribution in [0.3, 0.4) is 0 Å². The molecule has 10 heteroatoms. The molecular formula is C18H39NO8P+. The first-order valence-electron chi connectivity index (χ1n) is 9.98. The van der Waals surface area contributed by atoms with Crippen molar-refractivity contribution >= 4 is 13.8 Å². The molecule has 0 saturated carbocycles. The lowest BCUT2D eigenvalue weighted by atomic mass is 10.1. The molecule has 0 radical (unpaired) electrons. The Hall–Kier alpha value is -0.540. The highest BCUT2D eigenvalue weighted by molar-refractivity contribution is 7.47. The van der Waals surface area contributed by atoms with Gasteiger partial charge >= 0.3 is 13.8 Å². The lowest BCUT2D eigenvalue weighted by Crippen LogP contribution is -2.37. The molecule has 0 aromatic heterocycles. The number of nitrogens with zero attached hydrogens (tertiary/aromatic N) is 1. The van der Waals surface area contributed by atoms with E-state index in [0.29, 0.717) is 17.4 Å². The number of esters is 1. The van der Waals surface area contributed by atoms with Crippen LogP contribution in [0.2, 0.25) is 0 Å². The second-order valence-electron chi connectivity index (χ2n) is 7.89. The van der Waals surface area contributed by atoms with E-state index in [1.54, 1.807) is 0 Å². The van der Waals surface area contributed by atoms with Crippen LogP contribution in [0.1, 0.15) is 58.3 Å². The van der Waals surface area contributed by atoms with E-state index in [-0.39, 0.29) is 13.2 Å². The third-order valence-electron chi connectivity index (χ3n) is 4.00. The van der Waals surface area contributed by atoms with E-state index < -0.39 is 26.5 Å². The van der Waals surface area contributed by atoms with Crippen LogP contribution >= 0.6 is 7.82 Å². The molecule has 0 rings (SSSR count). The molecule has 0 saturated heterocycles. The van der Waals surface area contributed by atoms with Crippen LogP contribution < -0.4 is 0 Å². The summed E-state index contributed by atoms with van der Waals surface area (Å²) in [5.41, 5.74) is 0. The quantitative estimate of drug-likeness (QED) is 0.0854. The van der Waals surface area contributed by atoms with Gasteiger partial charge in [0.2, 0.25) is 0 Å². The van der Waals surface area contributed by atoms with Gasteiger partial charge in [-0.25, -0.2) is 9.45 Å². The summed E-state index contributed by atoms with van der Waals surface area (Å²) < 4.78 is 27.0. The molecule has 168 valence electrons. The normalized spacial score (nSPS) is 15.2. The first kappa shape index (κ1) is 27.5. The zero-order valence-corrected chi connectivity index (χ0v) is 18.7. The minimum Gasteiger partial charge on any atom is -0.463 e. The van der Waals surface area contributed by atoms with Crippen molar-refractivity contribution in [1.82, 2.24) is 0 Å².